The number of Topliss-reactive ketones (excluding diaryl/α,β-unsaturated/α-hetero) is 1. The highest BCUT2D eigenvalue weighted by molar-refractivity contribution is 6.46. The Hall–Kier alpha value is -3.02. The second-order valence-corrected chi connectivity index (χ2v) is 7.86. The number of amides is 1. The van der Waals surface area contributed by atoms with E-state index in [2.05, 4.69) is 0 Å². The van der Waals surface area contributed by atoms with E-state index in [0.717, 1.165) is 5.56 Å². The summed E-state index contributed by atoms with van der Waals surface area (Å²) in [4.78, 5) is 27.3. The maximum Gasteiger partial charge on any atom is 0.296 e. The molecule has 1 fully saturated rings. The van der Waals surface area contributed by atoms with E-state index in [1.807, 2.05) is 31.2 Å². The van der Waals surface area contributed by atoms with Crippen LogP contribution in [0.4, 0.5) is 0 Å². The van der Waals surface area contributed by atoms with E-state index >= 15 is 0 Å². The second-order valence-electron chi connectivity index (χ2n) is 7.05. The number of hydrogen-bond donors (Lipinski definition) is 1. The van der Waals surface area contributed by atoms with Crippen molar-refractivity contribution in [3.05, 3.63) is 98.9 Å². The van der Waals surface area contributed by atoms with Crippen LogP contribution >= 0.6 is 23.2 Å². The Morgan fingerprint density at radius 3 is 2.53 bits per heavy atom. The van der Waals surface area contributed by atoms with Gasteiger partial charge in [-0.15, -0.1) is 0 Å². The first-order chi connectivity index (χ1) is 14.4. The van der Waals surface area contributed by atoms with Crippen LogP contribution in [0.15, 0.2) is 70.9 Å². The quantitative estimate of drug-likeness (QED) is 0.328. The van der Waals surface area contributed by atoms with Gasteiger partial charge in [-0.05, 0) is 42.8 Å². The fourth-order valence-corrected chi connectivity index (χ4v) is 3.90. The van der Waals surface area contributed by atoms with E-state index in [4.69, 9.17) is 27.6 Å². The average Bonchev–Trinajstić information content (AvgIpc) is 3.32. The normalized spacial score (nSPS) is 18.2. The van der Waals surface area contributed by atoms with Crippen LogP contribution in [0.1, 0.15) is 28.5 Å². The molecule has 2 heterocycles. The number of halogens is 2. The lowest BCUT2D eigenvalue weighted by Gasteiger charge is -2.24. The number of furan rings is 1. The van der Waals surface area contributed by atoms with Crippen molar-refractivity contribution in [1.82, 2.24) is 4.90 Å². The average molecular weight is 442 g/mol. The molecule has 5 nitrogen and oxygen atoms in total. The Bertz CT molecular complexity index is 1170. The van der Waals surface area contributed by atoms with E-state index in [9.17, 15) is 14.7 Å². The molecule has 3 aromatic rings. The van der Waals surface area contributed by atoms with Crippen LogP contribution in [0.5, 0.6) is 0 Å². The summed E-state index contributed by atoms with van der Waals surface area (Å²) in [7, 11) is 0. The van der Waals surface area contributed by atoms with Gasteiger partial charge in [-0.25, -0.2) is 0 Å². The zero-order chi connectivity index (χ0) is 21.4. The van der Waals surface area contributed by atoms with Crippen LogP contribution in [-0.4, -0.2) is 21.7 Å². The van der Waals surface area contributed by atoms with Gasteiger partial charge in [0.2, 0.25) is 0 Å². The van der Waals surface area contributed by atoms with Crippen molar-refractivity contribution in [2.75, 3.05) is 0 Å². The molecule has 0 aliphatic carbocycles. The summed E-state index contributed by atoms with van der Waals surface area (Å²) in [5, 5.41) is 11.6. The number of aliphatic hydroxyl groups excluding tert-OH is 1. The van der Waals surface area contributed by atoms with Gasteiger partial charge in [0.1, 0.15) is 11.5 Å². The highest BCUT2D eigenvalue weighted by Gasteiger charge is 2.46. The van der Waals surface area contributed by atoms with Crippen molar-refractivity contribution in [1.29, 1.82) is 0 Å². The standard InChI is InChI=1S/C23H17Cl2NO4/c1-13-4-2-5-14(10-13)20-19(21(27)15-7-8-17(24)18(25)11-15)22(28)23(29)26(20)12-16-6-3-9-30-16/h2-11,20,27H,12H2,1H3/b21-19-. The Kier molecular flexibility index (Phi) is 5.41. The Labute approximate surface area is 183 Å². The number of rotatable bonds is 4. The summed E-state index contributed by atoms with van der Waals surface area (Å²) < 4.78 is 5.38. The summed E-state index contributed by atoms with van der Waals surface area (Å²) >= 11 is 12.1. The zero-order valence-corrected chi connectivity index (χ0v) is 17.4. The van der Waals surface area contributed by atoms with Crippen LogP contribution in [0.2, 0.25) is 10.0 Å². The van der Waals surface area contributed by atoms with Gasteiger partial charge in [-0.3, -0.25) is 9.59 Å². The highest BCUT2D eigenvalue weighted by atomic mass is 35.5. The van der Waals surface area contributed by atoms with Gasteiger partial charge in [-0.2, -0.15) is 0 Å². The number of likely N-dealkylation sites (tertiary alicyclic amines) is 1. The first-order valence-electron chi connectivity index (χ1n) is 9.19. The lowest BCUT2D eigenvalue weighted by atomic mass is 9.94. The molecule has 4 rings (SSSR count). The molecule has 7 heteroatoms. The lowest BCUT2D eigenvalue weighted by molar-refractivity contribution is -0.140. The zero-order valence-electron chi connectivity index (χ0n) is 15.9. The topological polar surface area (TPSA) is 70.8 Å². The molecule has 2 aromatic carbocycles. The molecule has 0 spiro atoms. The maximum absolute atomic E-state index is 13.0. The SMILES string of the molecule is Cc1cccc(C2/C(=C(/O)c3ccc(Cl)c(Cl)c3)C(=O)C(=O)N2Cc2ccco2)c1. The number of carbonyl (C=O) groups is 2. The van der Waals surface area contributed by atoms with Crippen LogP contribution in [0.3, 0.4) is 0 Å². The number of aryl methyl sites for hydroxylation is 1. The smallest absolute Gasteiger partial charge is 0.296 e. The predicted molar refractivity (Wildman–Crippen MR) is 114 cm³/mol. The summed E-state index contributed by atoms with van der Waals surface area (Å²) in [6.07, 6.45) is 1.50. The minimum atomic E-state index is -0.774. The number of aliphatic hydroxyl groups is 1. The van der Waals surface area contributed by atoms with Gasteiger partial charge < -0.3 is 14.4 Å². The molecule has 152 valence electrons. The number of benzene rings is 2. The van der Waals surface area contributed by atoms with Crippen molar-refractivity contribution >= 4 is 40.7 Å². The number of ketones is 1. The Morgan fingerprint density at radius 1 is 1.07 bits per heavy atom. The van der Waals surface area contributed by atoms with Gasteiger partial charge in [0.05, 0.1) is 34.5 Å². The minimum absolute atomic E-state index is 0.00412. The molecule has 1 amide bonds. The number of hydrogen-bond acceptors (Lipinski definition) is 4. The monoisotopic (exact) mass is 441 g/mol. The molecular weight excluding hydrogens is 425 g/mol. The van der Waals surface area contributed by atoms with E-state index in [1.165, 1.54) is 23.3 Å². The first kappa shape index (κ1) is 20.3. The summed E-state index contributed by atoms with van der Waals surface area (Å²) in [5.41, 5.74) is 1.97. The van der Waals surface area contributed by atoms with Gasteiger partial charge in [-0.1, -0.05) is 53.0 Å². The molecule has 30 heavy (non-hydrogen) atoms. The summed E-state index contributed by atoms with van der Waals surface area (Å²) in [6, 6.07) is 14.7. The molecule has 0 bridgehead atoms. The third kappa shape index (κ3) is 3.62. The lowest BCUT2D eigenvalue weighted by Crippen LogP contribution is -2.29. The van der Waals surface area contributed by atoms with Crippen LogP contribution in [-0.2, 0) is 16.1 Å². The Balaban J connectivity index is 1.89. The van der Waals surface area contributed by atoms with Crippen molar-refractivity contribution in [2.24, 2.45) is 0 Å². The van der Waals surface area contributed by atoms with Crippen LogP contribution < -0.4 is 0 Å². The van der Waals surface area contributed by atoms with Gasteiger partial charge in [0.25, 0.3) is 11.7 Å². The molecule has 1 aliphatic rings. The Morgan fingerprint density at radius 2 is 1.87 bits per heavy atom. The predicted octanol–water partition coefficient (Wildman–Crippen LogP) is 5.52. The van der Waals surface area contributed by atoms with Gasteiger partial charge in [0, 0.05) is 5.56 Å². The van der Waals surface area contributed by atoms with Gasteiger partial charge in [0.15, 0.2) is 0 Å². The molecule has 1 aliphatic heterocycles. The second kappa shape index (κ2) is 8.01. The molecule has 1 unspecified atom stereocenters. The number of nitrogens with zero attached hydrogens (tertiary/aromatic N) is 1. The van der Waals surface area contributed by atoms with Crippen molar-refractivity contribution in [3.63, 3.8) is 0 Å². The van der Waals surface area contributed by atoms with Crippen molar-refractivity contribution < 1.29 is 19.1 Å². The first-order valence-corrected chi connectivity index (χ1v) is 9.95. The van der Waals surface area contributed by atoms with Crippen LogP contribution in [0, 0.1) is 6.92 Å². The van der Waals surface area contributed by atoms with E-state index < -0.39 is 17.7 Å². The molecule has 1 atom stereocenters. The maximum atomic E-state index is 13.0. The van der Waals surface area contributed by atoms with Crippen molar-refractivity contribution in [2.45, 2.75) is 19.5 Å². The minimum Gasteiger partial charge on any atom is -0.507 e. The number of carbonyl (C=O) groups excluding carboxylic acids is 2. The molecule has 0 saturated carbocycles. The highest BCUT2D eigenvalue weighted by Crippen LogP contribution is 2.41. The third-order valence-electron chi connectivity index (χ3n) is 5.00. The van der Waals surface area contributed by atoms with Crippen LogP contribution in [0.25, 0.3) is 5.76 Å². The summed E-state index contributed by atoms with van der Waals surface area (Å²) in [5.74, 6) is -1.25. The van der Waals surface area contributed by atoms with E-state index in [1.54, 1.807) is 18.2 Å². The largest absolute Gasteiger partial charge is 0.507 e. The summed E-state index contributed by atoms with van der Waals surface area (Å²) in [6.45, 7) is 2.01. The third-order valence-corrected chi connectivity index (χ3v) is 5.74. The molecule has 1 aromatic heterocycles. The van der Waals surface area contributed by atoms with Gasteiger partial charge >= 0.3 is 0 Å². The molecular formula is C23H17Cl2NO4. The fraction of sp³-hybridized carbons (Fsp3) is 0.130. The van der Waals surface area contributed by atoms with E-state index in [-0.39, 0.29) is 22.9 Å². The van der Waals surface area contributed by atoms with E-state index in [0.29, 0.717) is 21.9 Å². The molecule has 1 N–H and O–H groups in total. The van der Waals surface area contributed by atoms with Crippen molar-refractivity contribution in [3.8, 4) is 0 Å². The molecule has 1 saturated heterocycles. The molecule has 0 radical (unpaired) electrons. The fourth-order valence-electron chi connectivity index (χ4n) is 3.60.